The van der Waals surface area contributed by atoms with Crippen molar-refractivity contribution in [3.63, 3.8) is 0 Å². The van der Waals surface area contributed by atoms with E-state index >= 15 is 0 Å². The molecule has 2 fully saturated rings. The van der Waals surface area contributed by atoms with Crippen molar-refractivity contribution in [2.45, 2.75) is 38.6 Å². The number of carbonyl (C=O) groups excluding carboxylic acids is 1. The Labute approximate surface area is 196 Å². The van der Waals surface area contributed by atoms with Crippen molar-refractivity contribution in [3.8, 4) is 5.75 Å². The van der Waals surface area contributed by atoms with Crippen molar-refractivity contribution >= 4 is 32.7 Å². The number of thiazole rings is 1. The number of hydrogen-bond acceptors (Lipinski definition) is 7. The van der Waals surface area contributed by atoms with Gasteiger partial charge in [0.15, 0.2) is 10.8 Å². The summed E-state index contributed by atoms with van der Waals surface area (Å²) in [6.07, 6.45) is 6.71. The molecule has 0 radical (unpaired) electrons. The summed E-state index contributed by atoms with van der Waals surface area (Å²) in [7, 11) is 1.63. The standard InChI is InChI=1S/C24H29N5O3S/c1-32-19-7-5-6-17(14-19)15-29-16-25-21-20(23(29)31)33-24(26-21)28-12-8-18(9-13-28)22(30)27-10-3-2-4-11-27/h5-7,14,16,18H,2-4,8-13,15H2,1H3. The molecule has 1 amide bonds. The molecule has 8 nitrogen and oxygen atoms in total. The monoisotopic (exact) mass is 467 g/mol. The SMILES string of the molecule is COc1cccc(Cn2cnc3nc(N4CCC(C(=O)N5CCCCC5)CC4)sc3c2=O)c1. The van der Waals surface area contributed by atoms with Gasteiger partial charge >= 0.3 is 0 Å². The molecule has 0 saturated carbocycles. The van der Waals surface area contributed by atoms with Gasteiger partial charge in [-0.2, -0.15) is 4.98 Å². The summed E-state index contributed by atoms with van der Waals surface area (Å²) < 4.78 is 7.46. The molecule has 0 unspecified atom stereocenters. The molecular formula is C24H29N5O3S. The Morgan fingerprint density at radius 1 is 1.15 bits per heavy atom. The largest absolute Gasteiger partial charge is 0.497 e. The molecule has 1 aromatic carbocycles. The fraction of sp³-hybridized carbons (Fsp3) is 0.500. The Hall–Kier alpha value is -2.94. The maximum atomic E-state index is 13.1. The Balaban J connectivity index is 1.28. The van der Waals surface area contributed by atoms with Crippen LogP contribution >= 0.6 is 11.3 Å². The minimum atomic E-state index is -0.0817. The van der Waals surface area contributed by atoms with E-state index in [1.807, 2.05) is 24.3 Å². The molecule has 9 heteroatoms. The van der Waals surface area contributed by atoms with Gasteiger partial charge in [-0.3, -0.25) is 14.2 Å². The lowest BCUT2D eigenvalue weighted by Gasteiger charge is -2.35. The van der Waals surface area contributed by atoms with E-state index in [4.69, 9.17) is 4.74 Å². The van der Waals surface area contributed by atoms with E-state index in [2.05, 4.69) is 19.8 Å². The van der Waals surface area contributed by atoms with Crippen LogP contribution in [-0.4, -0.2) is 58.6 Å². The molecule has 2 aromatic heterocycles. The van der Waals surface area contributed by atoms with E-state index in [-0.39, 0.29) is 11.5 Å². The van der Waals surface area contributed by atoms with Gasteiger partial charge in [-0.1, -0.05) is 23.5 Å². The number of aromatic nitrogens is 3. The van der Waals surface area contributed by atoms with Crippen LogP contribution in [0.4, 0.5) is 5.13 Å². The number of fused-ring (bicyclic) bond motifs is 1. The van der Waals surface area contributed by atoms with E-state index in [9.17, 15) is 9.59 Å². The first-order valence-corrected chi connectivity index (χ1v) is 12.5. The normalized spacial score (nSPS) is 17.5. The van der Waals surface area contributed by atoms with Crippen molar-refractivity contribution in [2.24, 2.45) is 5.92 Å². The molecule has 3 aromatic rings. The number of carbonyl (C=O) groups is 1. The number of ether oxygens (including phenoxy) is 1. The lowest BCUT2D eigenvalue weighted by atomic mass is 9.94. The lowest BCUT2D eigenvalue weighted by molar-refractivity contribution is -0.137. The third-order valence-corrected chi connectivity index (χ3v) is 7.74. The number of anilines is 1. The van der Waals surface area contributed by atoms with Gasteiger partial charge < -0.3 is 14.5 Å². The molecular weight excluding hydrogens is 438 g/mol. The quantitative estimate of drug-likeness (QED) is 0.574. The molecule has 5 rings (SSSR count). The number of nitrogens with zero attached hydrogens (tertiary/aromatic N) is 5. The predicted octanol–water partition coefficient (Wildman–Crippen LogP) is 3.14. The number of rotatable bonds is 5. The van der Waals surface area contributed by atoms with Crippen LogP contribution < -0.4 is 15.2 Å². The molecule has 4 heterocycles. The smallest absolute Gasteiger partial charge is 0.273 e. The second-order valence-corrected chi connectivity index (χ2v) is 9.80. The summed E-state index contributed by atoms with van der Waals surface area (Å²) in [5, 5.41) is 0.817. The zero-order chi connectivity index (χ0) is 22.8. The van der Waals surface area contributed by atoms with Crippen LogP contribution in [0, 0.1) is 5.92 Å². The molecule has 0 atom stereocenters. The van der Waals surface area contributed by atoms with Gasteiger partial charge in [0.1, 0.15) is 16.8 Å². The average molecular weight is 468 g/mol. The fourth-order valence-electron chi connectivity index (χ4n) is 4.74. The van der Waals surface area contributed by atoms with Crippen LogP contribution in [0.25, 0.3) is 10.3 Å². The van der Waals surface area contributed by atoms with Gasteiger partial charge in [-0.25, -0.2) is 4.98 Å². The van der Waals surface area contributed by atoms with E-state index in [1.165, 1.54) is 17.8 Å². The maximum Gasteiger partial charge on any atom is 0.273 e. The molecule has 0 aliphatic carbocycles. The van der Waals surface area contributed by atoms with Crippen molar-refractivity contribution in [2.75, 3.05) is 38.2 Å². The van der Waals surface area contributed by atoms with Crippen LogP contribution in [0.2, 0.25) is 0 Å². The molecule has 33 heavy (non-hydrogen) atoms. The zero-order valence-corrected chi connectivity index (χ0v) is 19.7. The summed E-state index contributed by atoms with van der Waals surface area (Å²) in [5.74, 6) is 1.18. The second-order valence-electron chi connectivity index (χ2n) is 8.83. The van der Waals surface area contributed by atoms with Crippen molar-refractivity contribution < 1.29 is 9.53 Å². The Morgan fingerprint density at radius 3 is 2.70 bits per heavy atom. The van der Waals surface area contributed by atoms with Crippen molar-refractivity contribution in [3.05, 3.63) is 46.5 Å². The number of methoxy groups -OCH3 is 1. The fourth-order valence-corrected chi connectivity index (χ4v) is 5.76. The first kappa shape index (κ1) is 21.9. The minimum Gasteiger partial charge on any atom is -0.497 e. The molecule has 0 N–H and O–H groups in total. The summed E-state index contributed by atoms with van der Waals surface area (Å²) in [6, 6.07) is 7.68. The molecule has 2 aliphatic heterocycles. The molecule has 174 valence electrons. The van der Waals surface area contributed by atoms with E-state index in [0.717, 1.165) is 68.3 Å². The van der Waals surface area contributed by atoms with Crippen LogP contribution in [0.15, 0.2) is 35.4 Å². The highest BCUT2D eigenvalue weighted by Crippen LogP contribution is 2.30. The number of hydrogen-bond donors (Lipinski definition) is 0. The number of likely N-dealkylation sites (tertiary alicyclic amines) is 1. The van der Waals surface area contributed by atoms with Gasteiger partial charge in [0.25, 0.3) is 5.56 Å². The first-order valence-electron chi connectivity index (χ1n) is 11.6. The number of benzene rings is 1. The molecule has 0 spiro atoms. The Kier molecular flexibility index (Phi) is 6.30. The first-order chi connectivity index (χ1) is 16.1. The van der Waals surface area contributed by atoms with E-state index in [0.29, 0.717) is 22.8 Å². The maximum absolute atomic E-state index is 13.1. The third-order valence-electron chi connectivity index (χ3n) is 6.64. The van der Waals surface area contributed by atoms with Gasteiger partial charge in [0, 0.05) is 32.1 Å². The van der Waals surface area contributed by atoms with Gasteiger partial charge in [-0.05, 0) is 49.8 Å². The van der Waals surface area contributed by atoms with E-state index < -0.39 is 0 Å². The third kappa shape index (κ3) is 4.59. The summed E-state index contributed by atoms with van der Waals surface area (Å²) in [5.41, 5.74) is 1.39. The topological polar surface area (TPSA) is 80.6 Å². The van der Waals surface area contributed by atoms with Gasteiger partial charge in [0.05, 0.1) is 13.7 Å². The predicted molar refractivity (Wildman–Crippen MR) is 129 cm³/mol. The highest BCUT2D eigenvalue weighted by Gasteiger charge is 2.30. The Morgan fingerprint density at radius 2 is 1.94 bits per heavy atom. The average Bonchev–Trinajstić information content (AvgIpc) is 3.31. The summed E-state index contributed by atoms with van der Waals surface area (Å²) >= 11 is 1.40. The van der Waals surface area contributed by atoms with Crippen LogP contribution in [-0.2, 0) is 11.3 Å². The summed E-state index contributed by atoms with van der Waals surface area (Å²) in [6.45, 7) is 3.80. The van der Waals surface area contributed by atoms with Crippen LogP contribution in [0.3, 0.4) is 0 Å². The molecule has 2 aliphatic rings. The highest BCUT2D eigenvalue weighted by molar-refractivity contribution is 7.22. The van der Waals surface area contributed by atoms with Gasteiger partial charge in [0.2, 0.25) is 5.91 Å². The number of amides is 1. The van der Waals surface area contributed by atoms with Crippen LogP contribution in [0.5, 0.6) is 5.75 Å². The molecule has 0 bridgehead atoms. The van der Waals surface area contributed by atoms with Crippen molar-refractivity contribution in [1.29, 1.82) is 0 Å². The van der Waals surface area contributed by atoms with Crippen LogP contribution in [0.1, 0.15) is 37.7 Å². The van der Waals surface area contributed by atoms with Gasteiger partial charge in [-0.15, -0.1) is 0 Å². The number of piperidine rings is 2. The lowest BCUT2D eigenvalue weighted by Crippen LogP contribution is -2.44. The minimum absolute atomic E-state index is 0.0817. The second kappa shape index (κ2) is 9.51. The summed E-state index contributed by atoms with van der Waals surface area (Å²) in [4.78, 5) is 39.3. The van der Waals surface area contributed by atoms with E-state index in [1.54, 1.807) is 18.0 Å². The molecule has 2 saturated heterocycles. The van der Waals surface area contributed by atoms with Crippen molar-refractivity contribution in [1.82, 2.24) is 19.4 Å². The zero-order valence-electron chi connectivity index (χ0n) is 18.9. The highest BCUT2D eigenvalue weighted by atomic mass is 32.1. The Bertz CT molecular complexity index is 1190.